The molecule has 0 fully saturated rings. The van der Waals surface area contributed by atoms with E-state index in [1.165, 1.54) is 10.5 Å². The van der Waals surface area contributed by atoms with Crippen LogP contribution in [0.15, 0.2) is 32.1 Å². The predicted molar refractivity (Wildman–Crippen MR) is 90.5 cm³/mol. The molecule has 22 heavy (non-hydrogen) atoms. The predicted octanol–water partition coefficient (Wildman–Crippen LogP) is 3.35. The number of hydrogen-bond acceptors (Lipinski definition) is 6. The molecule has 1 aliphatic heterocycles. The number of rotatable bonds is 5. The van der Waals surface area contributed by atoms with Crippen molar-refractivity contribution in [2.24, 2.45) is 5.73 Å². The summed E-state index contributed by atoms with van der Waals surface area (Å²) in [5.41, 5.74) is 6.92. The van der Waals surface area contributed by atoms with Gasteiger partial charge in [0.15, 0.2) is 5.82 Å². The van der Waals surface area contributed by atoms with Crippen molar-refractivity contribution in [3.05, 3.63) is 40.0 Å². The molecule has 2 aromatic rings. The van der Waals surface area contributed by atoms with Crippen molar-refractivity contribution < 1.29 is 4.52 Å². The highest BCUT2D eigenvalue weighted by atomic mass is 79.9. The largest absolute Gasteiger partial charge is 0.338 e. The fourth-order valence-corrected chi connectivity index (χ4v) is 4.25. The maximum Gasteiger partial charge on any atom is 0.240 e. The fourth-order valence-electron chi connectivity index (χ4n) is 2.79. The Kier molecular flexibility index (Phi) is 5.18. The van der Waals surface area contributed by atoms with Crippen molar-refractivity contribution >= 4 is 27.7 Å². The van der Waals surface area contributed by atoms with Crippen LogP contribution in [0.5, 0.6) is 0 Å². The average molecular weight is 383 g/mol. The van der Waals surface area contributed by atoms with Crippen molar-refractivity contribution in [2.45, 2.75) is 37.4 Å². The molecule has 1 unspecified atom stereocenters. The molecule has 1 aromatic heterocycles. The first-order valence-electron chi connectivity index (χ1n) is 7.39. The van der Waals surface area contributed by atoms with Crippen molar-refractivity contribution in [3.8, 4) is 0 Å². The van der Waals surface area contributed by atoms with Crippen LogP contribution in [0.2, 0.25) is 0 Å². The molecule has 1 aromatic carbocycles. The van der Waals surface area contributed by atoms with E-state index in [1.54, 1.807) is 0 Å². The number of hydrogen-bond donors (Lipinski definition) is 1. The van der Waals surface area contributed by atoms with E-state index in [0.717, 1.165) is 23.2 Å². The SMILES string of the molecule is CCN(Cc1noc(CN)n1)C1CCSc2ccc(Br)cc21. The van der Waals surface area contributed by atoms with Gasteiger partial charge in [-0.25, -0.2) is 0 Å². The van der Waals surface area contributed by atoms with Crippen LogP contribution in [-0.2, 0) is 13.1 Å². The van der Waals surface area contributed by atoms with Gasteiger partial charge in [-0.05, 0) is 42.5 Å². The van der Waals surface area contributed by atoms with Crippen LogP contribution in [0.1, 0.15) is 36.7 Å². The monoisotopic (exact) mass is 382 g/mol. The Hall–Kier alpha value is -0.890. The number of fused-ring (bicyclic) bond motifs is 1. The number of nitrogens with two attached hydrogens (primary N) is 1. The molecule has 2 heterocycles. The summed E-state index contributed by atoms with van der Waals surface area (Å²) in [4.78, 5) is 8.09. The summed E-state index contributed by atoms with van der Waals surface area (Å²) in [6.45, 7) is 4.08. The summed E-state index contributed by atoms with van der Waals surface area (Å²) in [7, 11) is 0. The van der Waals surface area contributed by atoms with Gasteiger partial charge < -0.3 is 10.3 Å². The van der Waals surface area contributed by atoms with Gasteiger partial charge in [0.2, 0.25) is 5.89 Å². The molecule has 0 saturated carbocycles. The molecule has 3 rings (SSSR count). The summed E-state index contributed by atoms with van der Waals surface area (Å²) in [5, 5.41) is 4.02. The van der Waals surface area contributed by atoms with Crippen molar-refractivity contribution in [1.29, 1.82) is 0 Å². The minimum atomic E-state index is 0.287. The van der Waals surface area contributed by atoms with Gasteiger partial charge >= 0.3 is 0 Å². The second kappa shape index (κ2) is 7.12. The molecule has 7 heteroatoms. The van der Waals surface area contributed by atoms with Crippen molar-refractivity contribution in [1.82, 2.24) is 15.0 Å². The first kappa shape index (κ1) is 16.0. The molecular weight excluding hydrogens is 364 g/mol. The highest BCUT2D eigenvalue weighted by Gasteiger charge is 2.26. The molecule has 1 aliphatic rings. The van der Waals surface area contributed by atoms with Gasteiger partial charge in [0, 0.05) is 15.4 Å². The number of aromatic nitrogens is 2. The molecule has 2 N–H and O–H groups in total. The lowest BCUT2D eigenvalue weighted by Gasteiger charge is -2.34. The van der Waals surface area contributed by atoms with E-state index in [-0.39, 0.29) is 6.54 Å². The number of thioether (sulfide) groups is 1. The maximum absolute atomic E-state index is 5.53. The summed E-state index contributed by atoms with van der Waals surface area (Å²) >= 11 is 5.52. The smallest absolute Gasteiger partial charge is 0.240 e. The molecule has 1 atom stereocenters. The normalized spacial score (nSPS) is 17.7. The second-order valence-electron chi connectivity index (χ2n) is 5.21. The molecule has 0 radical (unpaired) electrons. The lowest BCUT2D eigenvalue weighted by atomic mass is 10.0. The van der Waals surface area contributed by atoms with Gasteiger partial charge in [0.05, 0.1) is 13.1 Å². The summed E-state index contributed by atoms with van der Waals surface area (Å²) in [6.07, 6.45) is 1.13. The van der Waals surface area contributed by atoms with Gasteiger partial charge in [-0.15, -0.1) is 11.8 Å². The summed E-state index contributed by atoms with van der Waals surface area (Å²) < 4.78 is 6.24. The lowest BCUT2D eigenvalue weighted by molar-refractivity contribution is 0.183. The Morgan fingerprint density at radius 3 is 3.09 bits per heavy atom. The quantitative estimate of drug-likeness (QED) is 0.854. The van der Waals surface area contributed by atoms with Gasteiger partial charge in [-0.3, -0.25) is 4.90 Å². The highest BCUT2D eigenvalue weighted by molar-refractivity contribution is 9.10. The minimum absolute atomic E-state index is 0.287. The Morgan fingerprint density at radius 2 is 2.36 bits per heavy atom. The molecule has 118 valence electrons. The van der Waals surface area contributed by atoms with E-state index in [2.05, 4.69) is 56.1 Å². The lowest BCUT2D eigenvalue weighted by Crippen LogP contribution is -2.31. The van der Waals surface area contributed by atoms with Crippen LogP contribution in [0.25, 0.3) is 0 Å². The standard InChI is InChI=1S/C15H19BrN4OS/c1-2-20(9-14-18-15(8-17)21-19-14)12-5-6-22-13-4-3-10(16)7-11(12)13/h3-4,7,12H,2,5-6,8-9,17H2,1H3. The zero-order valence-corrected chi connectivity index (χ0v) is 14.9. The minimum Gasteiger partial charge on any atom is -0.338 e. The first-order valence-corrected chi connectivity index (χ1v) is 9.17. The number of benzene rings is 1. The Balaban J connectivity index is 1.83. The van der Waals surface area contributed by atoms with Crippen LogP contribution >= 0.6 is 27.7 Å². The molecule has 0 bridgehead atoms. The van der Waals surface area contributed by atoms with Gasteiger partial charge in [-0.2, -0.15) is 4.98 Å². The molecule has 0 saturated heterocycles. The third kappa shape index (κ3) is 3.37. The van der Waals surface area contributed by atoms with Gasteiger partial charge in [0.25, 0.3) is 0 Å². The van der Waals surface area contributed by atoms with E-state index in [0.29, 0.717) is 24.3 Å². The van der Waals surface area contributed by atoms with E-state index in [4.69, 9.17) is 10.3 Å². The van der Waals surface area contributed by atoms with E-state index < -0.39 is 0 Å². The zero-order valence-electron chi connectivity index (χ0n) is 12.5. The molecule has 0 aliphatic carbocycles. The maximum atomic E-state index is 5.53. The average Bonchev–Trinajstić information content (AvgIpc) is 3.00. The summed E-state index contributed by atoms with van der Waals surface area (Å²) in [6, 6.07) is 6.93. The zero-order chi connectivity index (χ0) is 15.5. The third-order valence-electron chi connectivity index (χ3n) is 3.86. The summed E-state index contributed by atoms with van der Waals surface area (Å²) in [5.74, 6) is 2.33. The molecule has 0 spiro atoms. The van der Waals surface area contributed by atoms with Gasteiger partial charge in [-0.1, -0.05) is 28.0 Å². The van der Waals surface area contributed by atoms with Crippen LogP contribution in [0.3, 0.4) is 0 Å². The highest BCUT2D eigenvalue weighted by Crippen LogP contribution is 2.40. The second-order valence-corrected chi connectivity index (χ2v) is 7.26. The molecule has 5 nitrogen and oxygen atoms in total. The van der Waals surface area contributed by atoms with Crippen molar-refractivity contribution in [2.75, 3.05) is 12.3 Å². The van der Waals surface area contributed by atoms with Crippen LogP contribution in [0.4, 0.5) is 0 Å². The van der Waals surface area contributed by atoms with Crippen molar-refractivity contribution in [3.63, 3.8) is 0 Å². The van der Waals surface area contributed by atoms with Crippen LogP contribution in [0, 0.1) is 0 Å². The Morgan fingerprint density at radius 1 is 1.50 bits per heavy atom. The van der Waals surface area contributed by atoms with Crippen LogP contribution < -0.4 is 5.73 Å². The topological polar surface area (TPSA) is 68.2 Å². The Labute approximate surface area is 142 Å². The number of nitrogens with zero attached hydrogens (tertiary/aromatic N) is 3. The third-order valence-corrected chi connectivity index (χ3v) is 5.47. The first-order chi connectivity index (χ1) is 10.7. The molecular formula is C15H19BrN4OS. The van der Waals surface area contributed by atoms with E-state index in [9.17, 15) is 0 Å². The van der Waals surface area contributed by atoms with E-state index in [1.807, 2.05) is 11.8 Å². The van der Waals surface area contributed by atoms with Crippen LogP contribution in [-0.4, -0.2) is 27.3 Å². The molecule has 0 amide bonds. The fraction of sp³-hybridized carbons (Fsp3) is 0.467. The van der Waals surface area contributed by atoms with E-state index >= 15 is 0 Å². The Bertz CT molecular complexity index is 648. The van der Waals surface area contributed by atoms with Gasteiger partial charge in [0.1, 0.15) is 0 Å². The number of halogens is 1.